The summed E-state index contributed by atoms with van der Waals surface area (Å²) in [7, 11) is 0. The summed E-state index contributed by atoms with van der Waals surface area (Å²) in [6.07, 6.45) is -1.01. The summed E-state index contributed by atoms with van der Waals surface area (Å²) in [4.78, 5) is 23.0. The Morgan fingerprint density at radius 2 is 1.44 bits per heavy atom. The normalized spacial score (nSPS) is 28.8. The maximum atomic E-state index is 13.2. The molecule has 0 spiro atoms. The number of carbonyl (C=O) groups is 2. The molecule has 92 valence electrons. The third kappa shape index (κ3) is 2.93. The van der Waals surface area contributed by atoms with Crippen molar-refractivity contribution >= 4 is 11.9 Å². The van der Waals surface area contributed by atoms with Gasteiger partial charge in [0.2, 0.25) is 0 Å². The van der Waals surface area contributed by atoms with Gasteiger partial charge in [0.05, 0.1) is 25.0 Å². The van der Waals surface area contributed by atoms with Gasteiger partial charge in [0, 0.05) is 0 Å². The highest BCUT2D eigenvalue weighted by atomic mass is 19.1. The Morgan fingerprint density at radius 3 is 1.75 bits per heavy atom. The van der Waals surface area contributed by atoms with Gasteiger partial charge in [-0.15, -0.1) is 0 Å². The second-order valence-corrected chi connectivity index (χ2v) is 3.79. The van der Waals surface area contributed by atoms with Crippen LogP contribution < -0.4 is 0 Å². The number of rotatable bonds is 4. The predicted octanol–water partition coefficient (Wildman–Crippen LogP) is 1.48. The van der Waals surface area contributed by atoms with Gasteiger partial charge in [-0.05, 0) is 26.7 Å². The lowest BCUT2D eigenvalue weighted by Gasteiger charge is -2.15. The Hall–Kier alpha value is -1.13. The first-order chi connectivity index (χ1) is 7.60. The molecule has 0 heterocycles. The van der Waals surface area contributed by atoms with E-state index in [1.165, 1.54) is 0 Å². The van der Waals surface area contributed by atoms with Crippen LogP contribution >= 0.6 is 0 Å². The molecule has 1 aliphatic carbocycles. The average Bonchev–Trinajstić information content (AvgIpc) is 2.61. The van der Waals surface area contributed by atoms with Crippen molar-refractivity contribution < 1.29 is 23.5 Å². The third-order valence-electron chi connectivity index (χ3n) is 2.68. The van der Waals surface area contributed by atoms with Crippen LogP contribution in [0.2, 0.25) is 0 Å². The fraction of sp³-hybridized carbons (Fsp3) is 0.818. The molecule has 1 fully saturated rings. The first-order valence-electron chi connectivity index (χ1n) is 5.57. The minimum absolute atomic E-state index is 0.0579. The molecule has 1 rings (SSSR count). The maximum absolute atomic E-state index is 13.2. The largest absolute Gasteiger partial charge is 0.466 e. The lowest BCUT2D eigenvalue weighted by Crippen LogP contribution is -2.28. The summed E-state index contributed by atoms with van der Waals surface area (Å²) in [5.41, 5.74) is 0. The van der Waals surface area contributed by atoms with Gasteiger partial charge < -0.3 is 9.47 Å². The van der Waals surface area contributed by atoms with Crippen molar-refractivity contribution in [3.63, 3.8) is 0 Å². The molecule has 16 heavy (non-hydrogen) atoms. The molecule has 0 radical (unpaired) electrons. The number of carbonyl (C=O) groups excluding carboxylic acids is 2. The highest BCUT2D eigenvalue weighted by Gasteiger charge is 2.44. The van der Waals surface area contributed by atoms with Crippen LogP contribution in [0.25, 0.3) is 0 Å². The van der Waals surface area contributed by atoms with E-state index in [4.69, 9.17) is 9.47 Å². The highest BCUT2D eigenvalue weighted by Crippen LogP contribution is 2.35. The summed E-state index contributed by atoms with van der Waals surface area (Å²) in [5.74, 6) is -2.37. The molecule has 0 aromatic rings. The van der Waals surface area contributed by atoms with Gasteiger partial charge in [0.1, 0.15) is 6.17 Å². The number of halogens is 1. The summed E-state index contributed by atoms with van der Waals surface area (Å²) >= 11 is 0. The van der Waals surface area contributed by atoms with Crippen molar-refractivity contribution in [2.24, 2.45) is 11.8 Å². The zero-order valence-electron chi connectivity index (χ0n) is 9.57. The zero-order valence-corrected chi connectivity index (χ0v) is 9.57. The molecule has 0 amide bonds. The molecule has 5 heteroatoms. The second-order valence-electron chi connectivity index (χ2n) is 3.79. The molecule has 0 aromatic heterocycles. The Balaban J connectivity index is 2.66. The number of hydrogen-bond donors (Lipinski definition) is 0. The van der Waals surface area contributed by atoms with Crippen molar-refractivity contribution in [1.82, 2.24) is 0 Å². The predicted molar refractivity (Wildman–Crippen MR) is 54.4 cm³/mol. The summed E-state index contributed by atoms with van der Waals surface area (Å²) in [6.45, 7) is 3.84. The third-order valence-corrected chi connectivity index (χ3v) is 2.68. The average molecular weight is 232 g/mol. The quantitative estimate of drug-likeness (QED) is 0.689. The van der Waals surface area contributed by atoms with Gasteiger partial charge in [0.15, 0.2) is 0 Å². The lowest BCUT2D eigenvalue weighted by atomic mass is 9.96. The molecule has 2 atom stereocenters. The number of hydrogen-bond acceptors (Lipinski definition) is 4. The number of ether oxygens (including phenoxy) is 2. The van der Waals surface area contributed by atoms with Crippen molar-refractivity contribution in [2.45, 2.75) is 32.9 Å². The van der Waals surface area contributed by atoms with Crippen LogP contribution in [-0.2, 0) is 19.1 Å². The van der Waals surface area contributed by atoms with Crippen molar-refractivity contribution in [1.29, 1.82) is 0 Å². The monoisotopic (exact) mass is 232 g/mol. The van der Waals surface area contributed by atoms with Crippen LogP contribution in [0.3, 0.4) is 0 Å². The van der Waals surface area contributed by atoms with Crippen molar-refractivity contribution in [3.8, 4) is 0 Å². The molecule has 0 N–H and O–H groups in total. The van der Waals surface area contributed by atoms with Crippen LogP contribution in [0.4, 0.5) is 4.39 Å². The van der Waals surface area contributed by atoms with E-state index in [0.717, 1.165) is 0 Å². The standard InChI is InChI=1S/C11H17FO4/c1-3-15-10(13)8-5-7(12)6-9(8)11(14)16-4-2/h7-9H,3-6H2,1-2H3. The molecule has 4 nitrogen and oxygen atoms in total. The van der Waals surface area contributed by atoms with E-state index in [9.17, 15) is 14.0 Å². The fourth-order valence-corrected chi connectivity index (χ4v) is 2.00. The summed E-state index contributed by atoms with van der Waals surface area (Å²) in [6, 6.07) is 0. The molecular formula is C11H17FO4. The molecule has 0 aliphatic heterocycles. The number of esters is 2. The van der Waals surface area contributed by atoms with Crippen LogP contribution in [0.1, 0.15) is 26.7 Å². The minimum Gasteiger partial charge on any atom is -0.466 e. The lowest BCUT2D eigenvalue weighted by molar-refractivity contribution is -0.158. The maximum Gasteiger partial charge on any atom is 0.309 e. The summed E-state index contributed by atoms with van der Waals surface area (Å²) in [5, 5.41) is 0. The molecule has 0 saturated heterocycles. The molecule has 0 bridgehead atoms. The Kier molecular flexibility index (Phi) is 4.71. The zero-order chi connectivity index (χ0) is 12.1. The fourth-order valence-electron chi connectivity index (χ4n) is 2.00. The van der Waals surface area contributed by atoms with Gasteiger partial charge in [0.25, 0.3) is 0 Å². The smallest absolute Gasteiger partial charge is 0.309 e. The topological polar surface area (TPSA) is 52.6 Å². The highest BCUT2D eigenvalue weighted by molar-refractivity contribution is 5.82. The van der Waals surface area contributed by atoms with E-state index in [0.29, 0.717) is 0 Å². The van der Waals surface area contributed by atoms with Crippen LogP contribution in [0, 0.1) is 11.8 Å². The van der Waals surface area contributed by atoms with Crippen LogP contribution in [-0.4, -0.2) is 31.3 Å². The van der Waals surface area contributed by atoms with Gasteiger partial charge in [-0.2, -0.15) is 0 Å². The van der Waals surface area contributed by atoms with Gasteiger partial charge in [-0.25, -0.2) is 4.39 Å². The van der Waals surface area contributed by atoms with Crippen molar-refractivity contribution in [2.75, 3.05) is 13.2 Å². The first kappa shape index (κ1) is 12.9. The molecule has 1 saturated carbocycles. The van der Waals surface area contributed by atoms with E-state index in [1.54, 1.807) is 13.8 Å². The Labute approximate surface area is 94.1 Å². The number of alkyl halides is 1. The molecular weight excluding hydrogens is 215 g/mol. The van der Waals surface area contributed by atoms with Crippen molar-refractivity contribution in [3.05, 3.63) is 0 Å². The van der Waals surface area contributed by atoms with Crippen LogP contribution in [0.15, 0.2) is 0 Å². The molecule has 0 aromatic carbocycles. The van der Waals surface area contributed by atoms with E-state index in [1.807, 2.05) is 0 Å². The Bertz CT molecular complexity index is 241. The first-order valence-corrected chi connectivity index (χ1v) is 5.57. The minimum atomic E-state index is -1.12. The molecule has 1 aliphatic rings. The van der Waals surface area contributed by atoms with Gasteiger partial charge in [-0.1, -0.05) is 0 Å². The SMILES string of the molecule is CCOC(=O)C1CC(F)CC1C(=O)OCC. The van der Waals surface area contributed by atoms with E-state index < -0.39 is 29.9 Å². The van der Waals surface area contributed by atoms with Gasteiger partial charge in [-0.3, -0.25) is 9.59 Å². The van der Waals surface area contributed by atoms with Gasteiger partial charge >= 0.3 is 11.9 Å². The Morgan fingerprint density at radius 1 is 1.06 bits per heavy atom. The molecule has 2 unspecified atom stereocenters. The van der Waals surface area contributed by atoms with E-state index >= 15 is 0 Å². The van der Waals surface area contributed by atoms with Crippen LogP contribution in [0.5, 0.6) is 0 Å². The second kappa shape index (κ2) is 5.82. The van der Waals surface area contributed by atoms with E-state index in [2.05, 4.69) is 0 Å². The van der Waals surface area contributed by atoms with E-state index in [-0.39, 0.29) is 26.1 Å². The summed E-state index contributed by atoms with van der Waals surface area (Å²) < 4.78 is 22.8.